The summed E-state index contributed by atoms with van der Waals surface area (Å²) in [6.45, 7) is 0. The van der Waals surface area contributed by atoms with E-state index in [-0.39, 0.29) is 28.0 Å². The lowest BCUT2D eigenvalue weighted by Gasteiger charge is -2.25. The molecule has 2 aromatic rings. The van der Waals surface area contributed by atoms with Crippen LogP contribution in [0, 0.1) is 0 Å². The van der Waals surface area contributed by atoms with Crippen molar-refractivity contribution in [3.8, 4) is 0 Å². The first-order valence-corrected chi connectivity index (χ1v) is 8.06. The zero-order valence-corrected chi connectivity index (χ0v) is 13.1. The second-order valence-corrected chi connectivity index (χ2v) is 6.22. The molecule has 2 aromatic carbocycles. The van der Waals surface area contributed by atoms with Gasteiger partial charge in [-0.1, -0.05) is 31.4 Å². The first kappa shape index (κ1) is 16.2. The average Bonchev–Trinajstić information content (AvgIpc) is 2.60. The van der Waals surface area contributed by atoms with Crippen molar-refractivity contribution in [2.24, 2.45) is 0 Å². The summed E-state index contributed by atoms with van der Waals surface area (Å²) in [4.78, 5) is 34.7. The number of carbonyl (C=O) groups excluding carboxylic acids is 1. The van der Waals surface area contributed by atoms with Gasteiger partial charge in [0.25, 0.3) is 0 Å². The summed E-state index contributed by atoms with van der Waals surface area (Å²) < 4.78 is 0. The Balaban J connectivity index is 2.40. The number of benzene rings is 2. The molecule has 0 saturated heterocycles. The van der Waals surface area contributed by atoms with Gasteiger partial charge in [-0.3, -0.25) is 4.79 Å². The Morgan fingerprint density at radius 3 is 2.04 bits per heavy atom. The highest BCUT2D eigenvalue weighted by molar-refractivity contribution is 6.16. The molecule has 2 N–H and O–H groups in total. The van der Waals surface area contributed by atoms with Gasteiger partial charge in [0, 0.05) is 16.3 Å². The maximum absolute atomic E-state index is 11.7. The van der Waals surface area contributed by atoms with E-state index in [0.717, 1.165) is 37.7 Å². The van der Waals surface area contributed by atoms with Gasteiger partial charge in [0.05, 0.1) is 11.1 Å². The van der Waals surface area contributed by atoms with Gasteiger partial charge >= 0.3 is 11.9 Å². The molecular formula is C19H18O5. The van der Waals surface area contributed by atoms with Gasteiger partial charge in [-0.25, -0.2) is 9.59 Å². The van der Waals surface area contributed by atoms with E-state index < -0.39 is 11.9 Å². The molecule has 1 fully saturated rings. The lowest BCUT2D eigenvalue weighted by Crippen LogP contribution is -2.11. The van der Waals surface area contributed by atoms with E-state index in [0.29, 0.717) is 11.7 Å². The molecule has 0 amide bonds. The van der Waals surface area contributed by atoms with E-state index in [1.165, 1.54) is 18.2 Å². The molecule has 0 atom stereocenters. The van der Waals surface area contributed by atoms with Gasteiger partial charge in [-0.2, -0.15) is 0 Å². The van der Waals surface area contributed by atoms with Crippen LogP contribution in [0.3, 0.4) is 0 Å². The molecule has 124 valence electrons. The standard InChI is InChI=1S/C19H18O5/c20-10-12-6-7-15(19(23)24)17-13(11-4-2-1-3-5-11)8-9-14(16(12)17)18(21)22/h6-11H,1-5H2,(H,21,22)(H,23,24). The average molecular weight is 326 g/mol. The molecule has 0 heterocycles. The third-order valence-electron chi connectivity index (χ3n) is 4.86. The van der Waals surface area contributed by atoms with E-state index in [1.807, 2.05) is 0 Å². The van der Waals surface area contributed by atoms with Crippen LogP contribution in [0.25, 0.3) is 10.8 Å². The Morgan fingerprint density at radius 2 is 1.46 bits per heavy atom. The van der Waals surface area contributed by atoms with E-state index in [2.05, 4.69) is 0 Å². The molecule has 0 aromatic heterocycles. The fourth-order valence-electron chi connectivity index (χ4n) is 3.76. The lowest BCUT2D eigenvalue weighted by molar-refractivity contribution is 0.0686. The molecule has 1 saturated carbocycles. The van der Waals surface area contributed by atoms with Crippen LogP contribution in [0.5, 0.6) is 0 Å². The van der Waals surface area contributed by atoms with Crippen LogP contribution in [0.4, 0.5) is 0 Å². The van der Waals surface area contributed by atoms with Gasteiger partial charge in [-0.15, -0.1) is 0 Å². The molecule has 1 aliphatic carbocycles. The largest absolute Gasteiger partial charge is 0.478 e. The summed E-state index contributed by atoms with van der Waals surface area (Å²) in [5.74, 6) is -2.08. The zero-order valence-electron chi connectivity index (χ0n) is 13.1. The maximum atomic E-state index is 11.7. The first-order chi connectivity index (χ1) is 11.5. The summed E-state index contributed by atoms with van der Waals surface area (Å²) in [5, 5.41) is 19.7. The van der Waals surface area contributed by atoms with E-state index in [4.69, 9.17) is 0 Å². The Kier molecular flexibility index (Phi) is 4.34. The highest BCUT2D eigenvalue weighted by Gasteiger charge is 2.25. The van der Waals surface area contributed by atoms with Crippen LogP contribution in [0.15, 0.2) is 24.3 Å². The van der Waals surface area contributed by atoms with Crippen molar-refractivity contribution < 1.29 is 24.6 Å². The summed E-state index contributed by atoms with van der Waals surface area (Å²) in [6, 6.07) is 6.00. The SMILES string of the molecule is O=Cc1ccc(C(=O)O)c2c(C3CCCCC3)ccc(C(=O)O)c12. The van der Waals surface area contributed by atoms with Crippen molar-refractivity contribution in [2.45, 2.75) is 38.0 Å². The Hall–Kier alpha value is -2.69. The van der Waals surface area contributed by atoms with Crippen LogP contribution in [-0.4, -0.2) is 28.4 Å². The van der Waals surface area contributed by atoms with Crippen LogP contribution in [0.1, 0.15) is 74.7 Å². The summed E-state index contributed by atoms with van der Waals surface area (Å²) in [7, 11) is 0. The lowest BCUT2D eigenvalue weighted by atomic mass is 9.80. The second kappa shape index (κ2) is 6.43. The second-order valence-electron chi connectivity index (χ2n) is 6.22. The number of carbonyl (C=O) groups is 3. The van der Waals surface area contributed by atoms with Gasteiger partial charge in [0.15, 0.2) is 6.29 Å². The zero-order chi connectivity index (χ0) is 17.3. The minimum atomic E-state index is -1.17. The summed E-state index contributed by atoms with van der Waals surface area (Å²) in [6.07, 6.45) is 5.79. The first-order valence-electron chi connectivity index (χ1n) is 8.06. The topological polar surface area (TPSA) is 91.7 Å². The van der Waals surface area contributed by atoms with E-state index in [1.54, 1.807) is 6.07 Å². The fraction of sp³-hybridized carbons (Fsp3) is 0.316. The molecule has 0 aliphatic heterocycles. The minimum Gasteiger partial charge on any atom is -0.478 e. The predicted molar refractivity (Wildman–Crippen MR) is 89.1 cm³/mol. The number of hydrogen-bond donors (Lipinski definition) is 2. The number of carboxylic acid groups (broad SMARTS) is 2. The minimum absolute atomic E-state index is 0.0326. The van der Waals surface area contributed by atoms with Gasteiger partial charge in [-0.05, 0) is 36.5 Å². The van der Waals surface area contributed by atoms with Gasteiger partial charge in [0.2, 0.25) is 0 Å². The molecular weight excluding hydrogens is 308 g/mol. The number of carboxylic acids is 2. The number of hydrogen-bond acceptors (Lipinski definition) is 3. The smallest absolute Gasteiger partial charge is 0.336 e. The van der Waals surface area contributed by atoms with Crippen molar-refractivity contribution in [2.75, 3.05) is 0 Å². The monoisotopic (exact) mass is 326 g/mol. The number of aromatic carboxylic acids is 2. The Labute approximate surface area is 138 Å². The molecule has 0 bridgehead atoms. The van der Waals surface area contributed by atoms with Crippen molar-refractivity contribution in [1.29, 1.82) is 0 Å². The Morgan fingerprint density at radius 1 is 0.875 bits per heavy atom. The predicted octanol–water partition coefficient (Wildman–Crippen LogP) is 4.10. The molecule has 0 spiro atoms. The van der Waals surface area contributed by atoms with E-state index in [9.17, 15) is 24.6 Å². The van der Waals surface area contributed by atoms with Gasteiger partial charge < -0.3 is 10.2 Å². The van der Waals surface area contributed by atoms with Crippen LogP contribution in [0.2, 0.25) is 0 Å². The van der Waals surface area contributed by atoms with Gasteiger partial charge in [0.1, 0.15) is 0 Å². The maximum Gasteiger partial charge on any atom is 0.336 e. The fourth-order valence-corrected chi connectivity index (χ4v) is 3.76. The highest BCUT2D eigenvalue weighted by Crippen LogP contribution is 2.39. The number of aldehydes is 1. The Bertz CT molecular complexity index is 831. The highest BCUT2D eigenvalue weighted by atomic mass is 16.4. The number of fused-ring (bicyclic) bond motifs is 1. The third kappa shape index (κ3) is 2.66. The van der Waals surface area contributed by atoms with Crippen molar-refractivity contribution >= 4 is 29.0 Å². The van der Waals surface area contributed by atoms with E-state index >= 15 is 0 Å². The quantitative estimate of drug-likeness (QED) is 0.825. The normalized spacial score (nSPS) is 15.3. The molecule has 24 heavy (non-hydrogen) atoms. The summed E-state index contributed by atoms with van der Waals surface area (Å²) in [5.41, 5.74) is 1.08. The summed E-state index contributed by atoms with van der Waals surface area (Å²) >= 11 is 0. The van der Waals surface area contributed by atoms with Crippen LogP contribution >= 0.6 is 0 Å². The molecule has 3 rings (SSSR count). The molecule has 0 radical (unpaired) electrons. The third-order valence-corrected chi connectivity index (χ3v) is 4.86. The van der Waals surface area contributed by atoms with Crippen molar-refractivity contribution in [3.63, 3.8) is 0 Å². The molecule has 5 heteroatoms. The van der Waals surface area contributed by atoms with Crippen LogP contribution in [-0.2, 0) is 0 Å². The van der Waals surface area contributed by atoms with Crippen molar-refractivity contribution in [1.82, 2.24) is 0 Å². The molecule has 1 aliphatic rings. The number of rotatable bonds is 4. The van der Waals surface area contributed by atoms with Crippen LogP contribution < -0.4 is 0 Å². The van der Waals surface area contributed by atoms with Crippen molar-refractivity contribution in [3.05, 3.63) is 46.5 Å². The molecule has 5 nitrogen and oxygen atoms in total. The molecule has 0 unspecified atom stereocenters.